The summed E-state index contributed by atoms with van der Waals surface area (Å²) in [6.45, 7) is 6.13. The molecular formula is C29H33ClN4O3S. The molecule has 0 fully saturated rings. The molecule has 1 aromatic heterocycles. The first-order valence-electron chi connectivity index (χ1n) is 13.1. The van der Waals surface area contributed by atoms with Crippen LogP contribution >= 0.6 is 11.6 Å². The maximum Gasteiger partial charge on any atom is 0.229 e. The van der Waals surface area contributed by atoms with Crippen LogP contribution in [-0.4, -0.2) is 30.2 Å². The second-order valence-electron chi connectivity index (χ2n) is 10.1. The van der Waals surface area contributed by atoms with Crippen LogP contribution in [0.1, 0.15) is 62.6 Å². The van der Waals surface area contributed by atoms with Crippen molar-refractivity contribution in [2.24, 2.45) is 0 Å². The lowest BCUT2D eigenvalue weighted by molar-refractivity contribution is 0.289. The molecule has 1 aliphatic carbocycles. The molecule has 9 heteroatoms. The summed E-state index contributed by atoms with van der Waals surface area (Å²) < 4.78 is 32.0. The third kappa shape index (κ3) is 5.24. The van der Waals surface area contributed by atoms with Gasteiger partial charge in [-0.2, -0.15) is 4.98 Å². The van der Waals surface area contributed by atoms with E-state index in [0.717, 1.165) is 37.1 Å². The molecule has 3 aromatic rings. The minimum atomic E-state index is -3.51. The Bertz CT molecular complexity index is 1500. The van der Waals surface area contributed by atoms with Crippen LogP contribution in [0.4, 0.5) is 23.1 Å². The number of allylic oxidation sites excluding steroid dienone is 2. The van der Waals surface area contributed by atoms with Crippen molar-refractivity contribution in [3.63, 3.8) is 0 Å². The van der Waals surface area contributed by atoms with E-state index in [1.165, 1.54) is 41.3 Å². The van der Waals surface area contributed by atoms with Gasteiger partial charge in [0.25, 0.3) is 0 Å². The van der Waals surface area contributed by atoms with Gasteiger partial charge in [0.05, 0.1) is 34.3 Å². The van der Waals surface area contributed by atoms with Crippen LogP contribution in [0.15, 0.2) is 47.5 Å². The van der Waals surface area contributed by atoms with Crippen molar-refractivity contribution in [2.75, 3.05) is 17.2 Å². The van der Waals surface area contributed by atoms with E-state index < -0.39 is 15.1 Å². The van der Waals surface area contributed by atoms with Gasteiger partial charge in [0, 0.05) is 5.56 Å². The molecule has 7 nitrogen and oxygen atoms in total. The Hall–Kier alpha value is -3.10. The number of ether oxygens (including phenoxy) is 1. The monoisotopic (exact) mass is 552 g/mol. The highest BCUT2D eigenvalue weighted by molar-refractivity contribution is 7.92. The first-order chi connectivity index (χ1) is 18.3. The number of para-hydroxylation sites is 1. The molecule has 0 unspecified atom stereocenters. The summed E-state index contributed by atoms with van der Waals surface area (Å²) in [5, 5.41) is 6.16. The average Bonchev–Trinajstić information content (AvgIpc) is 2.91. The number of nitrogens with one attached hydrogen (secondary N) is 2. The molecule has 200 valence electrons. The van der Waals surface area contributed by atoms with E-state index in [0.29, 0.717) is 24.1 Å². The number of hydrogen-bond acceptors (Lipinski definition) is 7. The number of anilines is 4. The molecular weight excluding hydrogens is 520 g/mol. The summed E-state index contributed by atoms with van der Waals surface area (Å²) >= 11 is 6.43. The van der Waals surface area contributed by atoms with E-state index in [4.69, 9.17) is 16.3 Å². The van der Waals surface area contributed by atoms with Crippen LogP contribution in [0.5, 0.6) is 5.75 Å². The first-order valence-corrected chi connectivity index (χ1v) is 15.1. The van der Waals surface area contributed by atoms with Crippen molar-refractivity contribution in [1.29, 1.82) is 0 Å². The number of aryl methyl sites for hydroxylation is 1. The molecule has 0 spiro atoms. The highest BCUT2D eigenvalue weighted by atomic mass is 35.5. The lowest BCUT2D eigenvalue weighted by Crippen LogP contribution is -2.16. The van der Waals surface area contributed by atoms with E-state index in [1.54, 1.807) is 38.1 Å². The number of aromatic nitrogens is 2. The fraction of sp³-hybridized carbons (Fsp3) is 0.379. The van der Waals surface area contributed by atoms with E-state index in [9.17, 15) is 8.42 Å². The number of hydrogen-bond donors (Lipinski definition) is 2. The number of sulfone groups is 1. The predicted octanol–water partition coefficient (Wildman–Crippen LogP) is 7.39. The zero-order valence-electron chi connectivity index (χ0n) is 22.0. The Morgan fingerprint density at radius 2 is 1.87 bits per heavy atom. The molecule has 2 N–H and O–H groups in total. The molecule has 0 amide bonds. The summed E-state index contributed by atoms with van der Waals surface area (Å²) in [6, 6.07) is 8.86. The molecule has 38 heavy (non-hydrogen) atoms. The maximum absolute atomic E-state index is 12.9. The summed E-state index contributed by atoms with van der Waals surface area (Å²) in [5.41, 5.74) is 6.42. The SMILES string of the molecule is Cc1cc(Nc2ncc(Cl)c(Nc3ccccc3S(=O)(=O)C(C)C)n2)c2c(c1C1=CCCCC1)CCCO2. The van der Waals surface area contributed by atoms with E-state index in [1.807, 2.05) is 0 Å². The molecule has 2 aliphatic rings. The summed E-state index contributed by atoms with van der Waals surface area (Å²) in [7, 11) is -3.51. The number of nitrogens with zero attached hydrogens (tertiary/aromatic N) is 2. The van der Waals surface area contributed by atoms with Crippen molar-refractivity contribution < 1.29 is 13.2 Å². The summed E-state index contributed by atoms with van der Waals surface area (Å²) in [4.78, 5) is 9.18. The van der Waals surface area contributed by atoms with Crippen LogP contribution in [0, 0.1) is 6.92 Å². The van der Waals surface area contributed by atoms with Gasteiger partial charge in [0.15, 0.2) is 15.7 Å². The number of fused-ring (bicyclic) bond motifs is 1. The van der Waals surface area contributed by atoms with Crippen molar-refractivity contribution in [1.82, 2.24) is 9.97 Å². The smallest absolute Gasteiger partial charge is 0.229 e. The average molecular weight is 553 g/mol. The predicted molar refractivity (Wildman–Crippen MR) is 154 cm³/mol. The normalized spacial score (nSPS) is 15.4. The molecule has 5 rings (SSSR count). The molecule has 0 radical (unpaired) electrons. The van der Waals surface area contributed by atoms with Crippen molar-refractivity contribution >= 4 is 50.2 Å². The van der Waals surface area contributed by atoms with Gasteiger partial charge in [-0.3, -0.25) is 0 Å². The minimum Gasteiger partial charge on any atom is -0.491 e. The molecule has 2 heterocycles. The zero-order chi connectivity index (χ0) is 26.9. The van der Waals surface area contributed by atoms with Gasteiger partial charge < -0.3 is 15.4 Å². The fourth-order valence-corrected chi connectivity index (χ4v) is 6.47. The highest BCUT2D eigenvalue weighted by Gasteiger charge is 2.25. The van der Waals surface area contributed by atoms with Gasteiger partial charge in [-0.25, -0.2) is 13.4 Å². The highest BCUT2D eigenvalue weighted by Crippen LogP contribution is 2.43. The fourth-order valence-electron chi connectivity index (χ4n) is 5.13. The topological polar surface area (TPSA) is 93.2 Å². The van der Waals surface area contributed by atoms with E-state index in [2.05, 4.69) is 39.7 Å². The van der Waals surface area contributed by atoms with E-state index >= 15 is 0 Å². The summed E-state index contributed by atoms with van der Waals surface area (Å²) in [6.07, 6.45) is 10.5. The Labute approximate surface area is 229 Å². The van der Waals surface area contributed by atoms with Gasteiger partial charge in [-0.15, -0.1) is 0 Å². The molecule has 0 atom stereocenters. The third-order valence-electron chi connectivity index (χ3n) is 7.06. The second kappa shape index (κ2) is 10.9. The molecule has 2 aromatic carbocycles. The quantitative estimate of drug-likeness (QED) is 0.315. The van der Waals surface area contributed by atoms with Crippen LogP contribution < -0.4 is 15.4 Å². The van der Waals surface area contributed by atoms with E-state index in [-0.39, 0.29) is 9.92 Å². The zero-order valence-corrected chi connectivity index (χ0v) is 23.5. The summed E-state index contributed by atoms with van der Waals surface area (Å²) in [5.74, 6) is 1.50. The lowest BCUT2D eigenvalue weighted by Gasteiger charge is -2.27. The molecule has 1 aliphatic heterocycles. The van der Waals surface area contributed by atoms with Crippen LogP contribution in [0.2, 0.25) is 5.02 Å². The van der Waals surface area contributed by atoms with Crippen LogP contribution in [0.25, 0.3) is 5.57 Å². The number of rotatable bonds is 7. The third-order valence-corrected chi connectivity index (χ3v) is 9.55. The van der Waals surface area contributed by atoms with Crippen molar-refractivity contribution in [3.05, 3.63) is 64.3 Å². The van der Waals surface area contributed by atoms with Gasteiger partial charge in [0.2, 0.25) is 5.95 Å². The number of halogens is 1. The van der Waals surface area contributed by atoms with Crippen LogP contribution in [-0.2, 0) is 16.3 Å². The minimum absolute atomic E-state index is 0.199. The van der Waals surface area contributed by atoms with Gasteiger partial charge in [-0.1, -0.05) is 29.8 Å². The first kappa shape index (κ1) is 26.5. The molecule has 0 saturated carbocycles. The van der Waals surface area contributed by atoms with Crippen molar-refractivity contribution in [2.45, 2.75) is 69.4 Å². The number of benzene rings is 2. The Morgan fingerprint density at radius 1 is 1.05 bits per heavy atom. The van der Waals surface area contributed by atoms with Gasteiger partial charge in [0.1, 0.15) is 10.8 Å². The maximum atomic E-state index is 12.9. The van der Waals surface area contributed by atoms with Gasteiger partial charge >= 0.3 is 0 Å². The van der Waals surface area contributed by atoms with Crippen LogP contribution in [0.3, 0.4) is 0 Å². The lowest BCUT2D eigenvalue weighted by atomic mass is 9.85. The van der Waals surface area contributed by atoms with Gasteiger partial charge in [-0.05, 0) is 94.2 Å². The molecule has 0 saturated heterocycles. The second-order valence-corrected chi connectivity index (χ2v) is 13.0. The van der Waals surface area contributed by atoms with Crippen molar-refractivity contribution in [3.8, 4) is 5.75 Å². The standard InChI is InChI=1S/C29H33ClN4O3S/c1-18(2)38(35,36)25-14-8-7-13-23(25)32-28-22(30)17-31-29(34-28)33-24-16-19(3)26(20-10-5-4-6-11-20)21-12-9-15-37-27(21)24/h7-8,10,13-14,16-18H,4-6,9,11-12,15H2,1-3H3,(H2,31,32,33,34). The Morgan fingerprint density at radius 3 is 2.63 bits per heavy atom. The Kier molecular flexibility index (Phi) is 7.63. The largest absolute Gasteiger partial charge is 0.491 e. The molecule has 0 bridgehead atoms. The Balaban J connectivity index is 1.49.